The van der Waals surface area contributed by atoms with Crippen molar-refractivity contribution in [3.63, 3.8) is 0 Å². The van der Waals surface area contributed by atoms with E-state index >= 15 is 0 Å². The molecule has 0 aromatic heterocycles. The standard InChI is InChI=1S/C59H113NO5/c1-3-5-7-9-11-13-15-17-19-20-21-22-23-24-25-27-31-35-39-43-47-51-57(62)56(55-61)60-58(63)52-48-44-40-36-32-28-26-30-34-38-42-46-50-54-65-59(64)53-49-45-41-37-33-29-18-16-14-12-10-8-6-4-2/h16,18,47,51,56-57,61-62H,3-15,17,19-46,48-50,52-55H2,1-2H3,(H,60,63)/b18-16-,51-47+. The van der Waals surface area contributed by atoms with E-state index in [1.165, 1.54) is 231 Å². The topological polar surface area (TPSA) is 95.9 Å². The first kappa shape index (κ1) is 63.3. The number of aliphatic hydroxyl groups is 2. The van der Waals surface area contributed by atoms with Gasteiger partial charge in [0.15, 0.2) is 0 Å². The van der Waals surface area contributed by atoms with Crippen LogP contribution in [0.1, 0.15) is 316 Å². The van der Waals surface area contributed by atoms with Gasteiger partial charge in [-0.1, -0.05) is 269 Å². The van der Waals surface area contributed by atoms with Crippen LogP contribution < -0.4 is 5.32 Å². The van der Waals surface area contributed by atoms with Crippen LogP contribution >= 0.6 is 0 Å². The van der Waals surface area contributed by atoms with Crippen molar-refractivity contribution in [3.05, 3.63) is 24.3 Å². The molecule has 0 fully saturated rings. The van der Waals surface area contributed by atoms with Crippen LogP contribution in [0.4, 0.5) is 0 Å². The molecule has 6 heteroatoms. The van der Waals surface area contributed by atoms with Gasteiger partial charge in [0.25, 0.3) is 0 Å². The minimum absolute atomic E-state index is 0.0149. The minimum Gasteiger partial charge on any atom is -0.466 e. The second-order valence-corrected chi connectivity index (χ2v) is 20.0. The van der Waals surface area contributed by atoms with Crippen LogP contribution in [0.2, 0.25) is 0 Å². The fraction of sp³-hybridized carbons (Fsp3) is 0.898. The third kappa shape index (κ3) is 51.6. The smallest absolute Gasteiger partial charge is 0.305 e. The number of carbonyl (C=O) groups excluding carboxylic acids is 2. The van der Waals surface area contributed by atoms with Crippen LogP contribution in [0.5, 0.6) is 0 Å². The average molecular weight is 917 g/mol. The molecule has 0 aromatic carbocycles. The lowest BCUT2D eigenvalue weighted by molar-refractivity contribution is -0.143. The maximum absolute atomic E-state index is 12.5. The predicted octanol–water partition coefficient (Wildman–Crippen LogP) is 17.9. The lowest BCUT2D eigenvalue weighted by atomic mass is 10.0. The van der Waals surface area contributed by atoms with Crippen LogP contribution in [-0.2, 0) is 14.3 Å². The Morgan fingerprint density at radius 3 is 1.09 bits per heavy atom. The molecule has 1 amide bonds. The van der Waals surface area contributed by atoms with Gasteiger partial charge < -0.3 is 20.3 Å². The quantitative estimate of drug-likeness (QED) is 0.0321. The van der Waals surface area contributed by atoms with Crippen LogP contribution in [0.15, 0.2) is 24.3 Å². The first-order chi connectivity index (χ1) is 32.0. The molecule has 65 heavy (non-hydrogen) atoms. The number of allylic oxidation sites excluding steroid dienone is 3. The van der Waals surface area contributed by atoms with E-state index in [0.29, 0.717) is 19.4 Å². The summed E-state index contributed by atoms with van der Waals surface area (Å²) in [4.78, 5) is 24.5. The molecule has 0 saturated heterocycles. The maximum atomic E-state index is 12.5. The fourth-order valence-corrected chi connectivity index (χ4v) is 8.98. The van der Waals surface area contributed by atoms with Gasteiger partial charge in [0.1, 0.15) is 0 Å². The number of amides is 1. The highest BCUT2D eigenvalue weighted by Gasteiger charge is 2.18. The van der Waals surface area contributed by atoms with Gasteiger partial charge in [0.2, 0.25) is 5.91 Å². The molecule has 0 heterocycles. The second-order valence-electron chi connectivity index (χ2n) is 20.0. The van der Waals surface area contributed by atoms with Crippen molar-refractivity contribution in [3.8, 4) is 0 Å². The third-order valence-corrected chi connectivity index (χ3v) is 13.5. The SMILES string of the molecule is CCCCCCC/C=C\CCCCCCCC(=O)OCCCCCCCCCCCCCCCC(=O)NC(CO)C(O)/C=C/CCCCCCCCCCCCCCCCCCCCC. The number of ether oxygens (including phenoxy) is 1. The number of nitrogens with one attached hydrogen (secondary N) is 1. The van der Waals surface area contributed by atoms with Crippen molar-refractivity contribution in [2.45, 2.75) is 328 Å². The normalized spacial score (nSPS) is 12.7. The van der Waals surface area contributed by atoms with Crippen LogP contribution in [0, 0.1) is 0 Å². The van der Waals surface area contributed by atoms with E-state index in [0.717, 1.165) is 57.8 Å². The third-order valence-electron chi connectivity index (χ3n) is 13.5. The van der Waals surface area contributed by atoms with Gasteiger partial charge in [-0.2, -0.15) is 0 Å². The Hall–Kier alpha value is -1.66. The van der Waals surface area contributed by atoms with E-state index in [9.17, 15) is 19.8 Å². The fourth-order valence-electron chi connectivity index (χ4n) is 8.98. The zero-order chi connectivity index (χ0) is 47.2. The zero-order valence-electron chi connectivity index (χ0n) is 43.7. The van der Waals surface area contributed by atoms with Crippen molar-refractivity contribution in [1.82, 2.24) is 5.32 Å². The Morgan fingerprint density at radius 1 is 0.415 bits per heavy atom. The van der Waals surface area contributed by atoms with Crippen LogP contribution in [0.3, 0.4) is 0 Å². The number of hydrogen-bond donors (Lipinski definition) is 3. The van der Waals surface area contributed by atoms with E-state index in [-0.39, 0.29) is 18.5 Å². The summed E-state index contributed by atoms with van der Waals surface area (Å²) < 4.78 is 5.46. The minimum atomic E-state index is -0.854. The van der Waals surface area contributed by atoms with E-state index in [1.54, 1.807) is 6.08 Å². The molecule has 384 valence electrons. The number of rotatable bonds is 54. The van der Waals surface area contributed by atoms with Crippen molar-refractivity contribution >= 4 is 11.9 Å². The van der Waals surface area contributed by atoms with Gasteiger partial charge in [-0.25, -0.2) is 0 Å². The molecule has 0 saturated carbocycles. The Kier molecular flexibility index (Phi) is 53.5. The van der Waals surface area contributed by atoms with Gasteiger partial charge in [0, 0.05) is 12.8 Å². The van der Waals surface area contributed by atoms with Crippen LogP contribution in [-0.4, -0.2) is 47.4 Å². The molecule has 0 spiro atoms. The van der Waals surface area contributed by atoms with Crippen molar-refractivity contribution in [2.75, 3.05) is 13.2 Å². The van der Waals surface area contributed by atoms with Gasteiger partial charge in [-0.3, -0.25) is 9.59 Å². The summed E-state index contributed by atoms with van der Waals surface area (Å²) in [5.74, 6) is -0.0934. The van der Waals surface area contributed by atoms with Crippen LogP contribution in [0.25, 0.3) is 0 Å². The lowest BCUT2D eigenvalue weighted by Gasteiger charge is -2.20. The summed E-state index contributed by atoms with van der Waals surface area (Å²) in [6, 6.07) is -0.638. The lowest BCUT2D eigenvalue weighted by Crippen LogP contribution is -2.45. The number of hydrogen-bond acceptors (Lipinski definition) is 5. The summed E-state index contributed by atoms with van der Waals surface area (Å²) in [6.07, 6.45) is 66.2. The molecule has 0 bridgehead atoms. The average Bonchev–Trinajstić information content (AvgIpc) is 3.31. The molecule has 0 radical (unpaired) electrons. The van der Waals surface area contributed by atoms with E-state index in [2.05, 4.69) is 31.3 Å². The molecular weight excluding hydrogens is 803 g/mol. The molecule has 0 rings (SSSR count). The van der Waals surface area contributed by atoms with Crippen molar-refractivity contribution in [2.24, 2.45) is 0 Å². The van der Waals surface area contributed by atoms with Gasteiger partial charge in [0.05, 0.1) is 25.4 Å². The molecule has 0 aliphatic heterocycles. The number of carbonyl (C=O) groups is 2. The Morgan fingerprint density at radius 2 is 0.723 bits per heavy atom. The summed E-state index contributed by atoms with van der Waals surface area (Å²) in [5.41, 5.74) is 0. The van der Waals surface area contributed by atoms with Gasteiger partial charge in [-0.15, -0.1) is 0 Å². The molecule has 2 atom stereocenters. The molecule has 2 unspecified atom stereocenters. The number of unbranched alkanes of at least 4 members (excludes halogenated alkanes) is 41. The second kappa shape index (κ2) is 54.9. The first-order valence-corrected chi connectivity index (χ1v) is 29.1. The Labute approximate surface area is 405 Å². The summed E-state index contributed by atoms with van der Waals surface area (Å²) in [6.45, 7) is 4.88. The maximum Gasteiger partial charge on any atom is 0.305 e. The van der Waals surface area contributed by atoms with Gasteiger partial charge in [-0.05, 0) is 57.8 Å². The molecule has 0 aliphatic rings. The summed E-state index contributed by atoms with van der Waals surface area (Å²) in [5, 5.41) is 23.2. The summed E-state index contributed by atoms with van der Waals surface area (Å²) in [7, 11) is 0. The van der Waals surface area contributed by atoms with Gasteiger partial charge >= 0.3 is 5.97 Å². The molecule has 6 nitrogen and oxygen atoms in total. The highest BCUT2D eigenvalue weighted by Crippen LogP contribution is 2.17. The highest BCUT2D eigenvalue weighted by molar-refractivity contribution is 5.76. The Bertz CT molecular complexity index is 1010. The number of esters is 1. The molecule has 0 aromatic rings. The summed E-state index contributed by atoms with van der Waals surface area (Å²) >= 11 is 0. The van der Waals surface area contributed by atoms with Crippen molar-refractivity contribution in [1.29, 1.82) is 0 Å². The number of aliphatic hydroxyl groups excluding tert-OH is 2. The van der Waals surface area contributed by atoms with E-state index in [1.807, 2.05) is 6.08 Å². The van der Waals surface area contributed by atoms with Crippen molar-refractivity contribution < 1.29 is 24.5 Å². The monoisotopic (exact) mass is 916 g/mol. The van der Waals surface area contributed by atoms with E-state index < -0.39 is 12.1 Å². The molecule has 3 N–H and O–H groups in total. The zero-order valence-corrected chi connectivity index (χ0v) is 43.7. The highest BCUT2D eigenvalue weighted by atomic mass is 16.5. The first-order valence-electron chi connectivity index (χ1n) is 29.1. The van der Waals surface area contributed by atoms with E-state index in [4.69, 9.17) is 4.74 Å². The molecule has 0 aliphatic carbocycles. The largest absolute Gasteiger partial charge is 0.466 e. The predicted molar refractivity (Wildman–Crippen MR) is 283 cm³/mol. The Balaban J connectivity index is 3.49. The molecular formula is C59H113NO5.